The number of nitrogens with zero attached hydrogens (tertiary/aromatic N) is 1. The maximum absolute atomic E-state index is 12.5. The van der Waals surface area contributed by atoms with Gasteiger partial charge in [-0.3, -0.25) is 9.29 Å². The van der Waals surface area contributed by atoms with Gasteiger partial charge in [0.2, 0.25) is 0 Å². The van der Waals surface area contributed by atoms with E-state index in [1.54, 1.807) is 24.3 Å². The van der Waals surface area contributed by atoms with E-state index >= 15 is 0 Å². The first-order valence-electron chi connectivity index (χ1n) is 6.35. The Kier molecular flexibility index (Phi) is 3.99. The molecule has 120 valence electrons. The van der Waals surface area contributed by atoms with Crippen LogP contribution in [-0.2, 0) is 17.1 Å². The highest BCUT2D eigenvalue weighted by Crippen LogP contribution is 2.29. The topological polar surface area (TPSA) is 81.3 Å². The Labute approximate surface area is 144 Å². The van der Waals surface area contributed by atoms with E-state index in [4.69, 9.17) is 16.0 Å². The molecule has 0 bridgehead atoms. The SMILES string of the molecule is Cn1c(=O)oc2cc(S(=O)(=O)Nc3cccc(Br)c3)c(Cl)cc21. The third kappa shape index (κ3) is 3.01. The standard InChI is InChI=1S/C14H10BrClN2O4S/c1-18-11-6-10(16)13(7-12(11)22-14(18)19)23(20,21)17-9-4-2-3-8(15)5-9/h2-7,17H,1H3. The van der Waals surface area contributed by atoms with Crippen molar-refractivity contribution >= 4 is 54.3 Å². The molecule has 0 spiro atoms. The van der Waals surface area contributed by atoms with Gasteiger partial charge in [-0.05, 0) is 24.3 Å². The molecule has 0 saturated carbocycles. The number of sulfonamides is 1. The Morgan fingerprint density at radius 3 is 2.70 bits per heavy atom. The van der Waals surface area contributed by atoms with Crippen LogP contribution in [0.1, 0.15) is 0 Å². The summed E-state index contributed by atoms with van der Waals surface area (Å²) in [5.74, 6) is -0.592. The zero-order chi connectivity index (χ0) is 16.8. The molecule has 1 heterocycles. The van der Waals surface area contributed by atoms with E-state index in [9.17, 15) is 13.2 Å². The number of aryl methyl sites for hydroxylation is 1. The van der Waals surface area contributed by atoms with Crippen LogP contribution in [0.2, 0.25) is 5.02 Å². The number of benzene rings is 2. The molecule has 0 atom stereocenters. The van der Waals surface area contributed by atoms with Crippen molar-refractivity contribution in [2.45, 2.75) is 4.90 Å². The van der Waals surface area contributed by atoms with Gasteiger partial charge in [-0.15, -0.1) is 0 Å². The minimum absolute atomic E-state index is 0.00334. The van der Waals surface area contributed by atoms with Crippen molar-refractivity contribution < 1.29 is 12.8 Å². The fourth-order valence-corrected chi connectivity index (χ4v) is 4.08. The molecule has 0 saturated heterocycles. The van der Waals surface area contributed by atoms with Crippen molar-refractivity contribution in [1.29, 1.82) is 0 Å². The number of nitrogens with one attached hydrogen (secondary N) is 1. The lowest BCUT2D eigenvalue weighted by Crippen LogP contribution is -2.13. The van der Waals surface area contributed by atoms with Crippen molar-refractivity contribution in [2.24, 2.45) is 7.05 Å². The first-order valence-corrected chi connectivity index (χ1v) is 9.01. The Morgan fingerprint density at radius 2 is 2.00 bits per heavy atom. The lowest BCUT2D eigenvalue weighted by Gasteiger charge is -2.10. The van der Waals surface area contributed by atoms with Gasteiger partial charge in [-0.1, -0.05) is 33.6 Å². The highest BCUT2D eigenvalue weighted by atomic mass is 79.9. The quantitative estimate of drug-likeness (QED) is 0.708. The Balaban J connectivity index is 2.11. The third-order valence-electron chi connectivity index (χ3n) is 3.21. The van der Waals surface area contributed by atoms with E-state index in [1.807, 2.05) is 0 Å². The van der Waals surface area contributed by atoms with E-state index in [-0.39, 0.29) is 15.5 Å². The van der Waals surface area contributed by atoms with Crippen LogP contribution in [0.25, 0.3) is 11.1 Å². The van der Waals surface area contributed by atoms with Crippen LogP contribution < -0.4 is 10.5 Å². The average Bonchev–Trinajstić information content (AvgIpc) is 2.73. The second-order valence-electron chi connectivity index (χ2n) is 4.79. The Bertz CT molecular complexity index is 1070. The summed E-state index contributed by atoms with van der Waals surface area (Å²) >= 11 is 9.35. The number of aromatic nitrogens is 1. The van der Waals surface area contributed by atoms with E-state index < -0.39 is 15.8 Å². The smallest absolute Gasteiger partial charge is 0.408 e. The number of oxazole rings is 1. The van der Waals surface area contributed by atoms with Crippen molar-refractivity contribution in [3.8, 4) is 0 Å². The van der Waals surface area contributed by atoms with Gasteiger partial charge in [-0.25, -0.2) is 13.2 Å². The molecule has 1 N–H and O–H groups in total. The number of rotatable bonds is 3. The van der Waals surface area contributed by atoms with Crippen molar-refractivity contribution in [2.75, 3.05) is 4.72 Å². The predicted molar refractivity (Wildman–Crippen MR) is 91.4 cm³/mol. The van der Waals surface area contributed by atoms with E-state index in [1.165, 1.54) is 23.7 Å². The second kappa shape index (κ2) is 5.70. The molecule has 6 nitrogen and oxygen atoms in total. The minimum Gasteiger partial charge on any atom is -0.408 e. The molecular weight excluding hydrogens is 408 g/mol. The van der Waals surface area contributed by atoms with Crippen molar-refractivity contribution in [3.05, 3.63) is 56.4 Å². The Morgan fingerprint density at radius 1 is 1.26 bits per heavy atom. The maximum atomic E-state index is 12.5. The fraction of sp³-hybridized carbons (Fsp3) is 0.0714. The van der Waals surface area contributed by atoms with Gasteiger partial charge in [0, 0.05) is 23.3 Å². The molecule has 2 aromatic carbocycles. The van der Waals surface area contributed by atoms with E-state index in [2.05, 4.69) is 20.7 Å². The molecule has 0 aliphatic rings. The van der Waals surface area contributed by atoms with Crippen LogP contribution in [0, 0.1) is 0 Å². The second-order valence-corrected chi connectivity index (χ2v) is 7.77. The molecule has 3 aromatic rings. The monoisotopic (exact) mass is 416 g/mol. The lowest BCUT2D eigenvalue weighted by molar-refractivity contribution is 0.527. The van der Waals surface area contributed by atoms with Crippen LogP contribution in [-0.4, -0.2) is 13.0 Å². The highest BCUT2D eigenvalue weighted by Gasteiger charge is 2.21. The summed E-state index contributed by atoms with van der Waals surface area (Å²) in [6, 6.07) is 9.32. The normalized spacial score (nSPS) is 11.8. The van der Waals surface area contributed by atoms with E-state index in [0.29, 0.717) is 11.2 Å². The zero-order valence-corrected chi connectivity index (χ0v) is 14.9. The molecule has 0 fully saturated rings. The molecule has 0 unspecified atom stereocenters. The lowest BCUT2D eigenvalue weighted by atomic mass is 10.3. The Hall–Kier alpha value is -1.77. The summed E-state index contributed by atoms with van der Waals surface area (Å²) in [5.41, 5.74) is 0.947. The molecule has 1 aromatic heterocycles. The summed E-state index contributed by atoms with van der Waals surface area (Å²) in [6.07, 6.45) is 0. The summed E-state index contributed by atoms with van der Waals surface area (Å²) in [7, 11) is -2.42. The molecule has 3 rings (SSSR count). The first-order chi connectivity index (χ1) is 10.8. The number of anilines is 1. The van der Waals surface area contributed by atoms with Gasteiger partial charge < -0.3 is 4.42 Å². The molecule has 0 aliphatic heterocycles. The molecule has 23 heavy (non-hydrogen) atoms. The van der Waals surface area contributed by atoms with Gasteiger partial charge in [0.05, 0.1) is 10.5 Å². The van der Waals surface area contributed by atoms with Gasteiger partial charge in [-0.2, -0.15) is 0 Å². The number of hydrogen-bond donors (Lipinski definition) is 1. The predicted octanol–water partition coefficient (Wildman–Crippen LogP) is 3.35. The van der Waals surface area contributed by atoms with Crippen LogP contribution in [0.3, 0.4) is 0 Å². The molecule has 9 heteroatoms. The largest absolute Gasteiger partial charge is 0.419 e. The number of halogens is 2. The fourth-order valence-electron chi connectivity index (χ4n) is 2.10. The number of hydrogen-bond acceptors (Lipinski definition) is 4. The highest BCUT2D eigenvalue weighted by molar-refractivity contribution is 9.10. The third-order valence-corrected chi connectivity index (χ3v) is 5.55. The molecule has 0 aliphatic carbocycles. The molecule has 0 amide bonds. The summed E-state index contributed by atoms with van der Waals surface area (Å²) in [5, 5.41) is -0.00334. The summed E-state index contributed by atoms with van der Waals surface area (Å²) < 4.78 is 34.5. The first kappa shape index (κ1) is 16.1. The zero-order valence-electron chi connectivity index (χ0n) is 11.7. The van der Waals surface area contributed by atoms with Gasteiger partial charge in [0.1, 0.15) is 4.90 Å². The summed E-state index contributed by atoms with van der Waals surface area (Å²) in [6.45, 7) is 0. The van der Waals surface area contributed by atoms with Crippen LogP contribution >= 0.6 is 27.5 Å². The minimum atomic E-state index is -3.93. The van der Waals surface area contributed by atoms with Crippen molar-refractivity contribution in [1.82, 2.24) is 4.57 Å². The van der Waals surface area contributed by atoms with Crippen LogP contribution in [0.15, 0.2) is 55.0 Å². The van der Waals surface area contributed by atoms with Gasteiger partial charge >= 0.3 is 5.76 Å². The van der Waals surface area contributed by atoms with Gasteiger partial charge in [0.15, 0.2) is 5.58 Å². The summed E-state index contributed by atoms with van der Waals surface area (Å²) in [4.78, 5) is 11.4. The van der Waals surface area contributed by atoms with Crippen LogP contribution in [0.4, 0.5) is 5.69 Å². The average molecular weight is 418 g/mol. The van der Waals surface area contributed by atoms with E-state index in [0.717, 1.165) is 4.47 Å². The van der Waals surface area contributed by atoms with Crippen LogP contribution in [0.5, 0.6) is 0 Å². The molecular formula is C14H10BrClN2O4S. The van der Waals surface area contributed by atoms with Gasteiger partial charge in [0.25, 0.3) is 10.0 Å². The molecule has 0 radical (unpaired) electrons. The van der Waals surface area contributed by atoms with Crippen molar-refractivity contribution in [3.63, 3.8) is 0 Å². The maximum Gasteiger partial charge on any atom is 0.419 e. The number of fused-ring (bicyclic) bond motifs is 1.